The van der Waals surface area contributed by atoms with E-state index in [2.05, 4.69) is 271 Å². The number of fused-ring (bicyclic) bond motifs is 25. The Morgan fingerprint density at radius 3 is 1.12 bits per heavy atom. The predicted octanol–water partition coefficient (Wildman–Crippen LogP) is 41.6. The molecule has 0 N–H and O–H groups in total. The van der Waals surface area contributed by atoms with E-state index in [1.54, 1.807) is 44.5 Å². The lowest BCUT2D eigenvalue weighted by Gasteiger charge is -2.40. The molecule has 4 heteroatoms. The van der Waals surface area contributed by atoms with Crippen molar-refractivity contribution >= 4 is 82.7 Å². The number of hydrogen-bond acceptors (Lipinski definition) is 3. The van der Waals surface area contributed by atoms with E-state index in [4.69, 9.17) is 8.83 Å². The molecule has 0 saturated carbocycles. The van der Waals surface area contributed by atoms with Crippen LogP contribution >= 0.6 is 0 Å². The summed E-state index contributed by atoms with van der Waals surface area (Å²) < 4.78 is 17.4. The molecule has 0 unspecified atom stereocenters. The maximum Gasteiger partial charge on any atom is 0.144 e. The highest BCUT2D eigenvalue weighted by molar-refractivity contribution is 6.21. The molecule has 0 fully saturated rings. The van der Waals surface area contributed by atoms with E-state index in [1.807, 2.05) is 0 Å². The zero-order chi connectivity index (χ0) is 91.9. The second-order valence-electron chi connectivity index (χ2n) is 42.5. The number of benzene rings is 11. The molecule has 0 bridgehead atoms. The van der Waals surface area contributed by atoms with E-state index in [1.165, 1.54) is 406 Å². The lowest BCUT2D eigenvalue weighted by molar-refractivity contribution is 0.369. The molecule has 0 saturated heterocycles. The molecular weight excluding hydrogens is 1620 g/mol. The van der Waals surface area contributed by atoms with Gasteiger partial charge in [-0.2, -0.15) is 0 Å². The first kappa shape index (κ1) is 95.0. The highest BCUT2D eigenvalue weighted by Crippen LogP contribution is 2.69. The second-order valence-corrected chi connectivity index (χ2v) is 42.5. The largest absolute Gasteiger partial charge is 0.456 e. The summed E-state index contributed by atoms with van der Waals surface area (Å²) in [7, 11) is 0. The van der Waals surface area contributed by atoms with Crippen molar-refractivity contribution in [3.63, 3.8) is 0 Å². The van der Waals surface area contributed by atoms with Gasteiger partial charge in [0.1, 0.15) is 22.3 Å². The molecule has 3 heterocycles. The number of anilines is 3. The van der Waals surface area contributed by atoms with Gasteiger partial charge in [-0.15, -0.1) is 0 Å². The first-order chi connectivity index (χ1) is 66.2. The second kappa shape index (κ2) is 44.4. The van der Waals surface area contributed by atoms with E-state index < -0.39 is 0 Å². The van der Waals surface area contributed by atoms with Crippen LogP contribution in [0, 0.1) is 0 Å². The molecule has 0 atom stereocenters. The van der Waals surface area contributed by atoms with Gasteiger partial charge in [0.05, 0.1) is 11.0 Å². The third kappa shape index (κ3) is 18.3. The fourth-order valence-electron chi connectivity index (χ4n) is 27.0. The monoisotopic (exact) mass is 1780 g/mol. The number of unbranched alkanes of at least 4 members (excludes halogenated alkanes) is 36. The van der Waals surface area contributed by atoms with E-state index in [0.717, 1.165) is 60.9 Å². The Kier molecular flexibility index (Phi) is 31.5. The average Bonchev–Trinajstić information content (AvgIpc) is 1.49. The van der Waals surface area contributed by atoms with Crippen LogP contribution in [-0.4, -0.2) is 4.57 Å². The SMILES string of the molecule is CCCCCCCCC1(CCCCCCCC)c2cc(N(c3ccc4c(c3)C(CCCCCCC)(CCCCCCC)c3c5c(c6oc7ccccc7c6c3-4)-c3ccccc3C5(CCCCCCC)CCCCCCC)c3ccc4c(c3)c3ccccc3n4-c3ccccc3)ccc2-c2cc3c(cc21)-c1c(ccc2oc4ccccc4c12)C3(CCCCCCCC)CCCCCCCC. The van der Waals surface area contributed by atoms with Crippen molar-refractivity contribution in [3.8, 4) is 50.2 Å². The van der Waals surface area contributed by atoms with Crippen LogP contribution in [0.5, 0.6) is 0 Å². The van der Waals surface area contributed by atoms with Crippen LogP contribution in [-0.2, 0) is 21.7 Å². The summed E-state index contributed by atoms with van der Waals surface area (Å²) in [6.07, 6.45) is 65.1. The predicted molar refractivity (Wildman–Crippen MR) is 580 cm³/mol. The van der Waals surface area contributed by atoms with E-state index in [-0.39, 0.29) is 21.7 Å². The summed E-state index contributed by atoms with van der Waals surface area (Å²) in [5, 5.41) is 7.78. The third-order valence-corrected chi connectivity index (χ3v) is 33.7. The van der Waals surface area contributed by atoms with Crippen LogP contribution in [0.15, 0.2) is 215 Å². The van der Waals surface area contributed by atoms with Gasteiger partial charge in [0.25, 0.3) is 0 Å². The fraction of sp³-hybridized carbons (Fsp3) is 0.492. The summed E-state index contributed by atoms with van der Waals surface area (Å²) in [4.78, 5) is 2.83. The van der Waals surface area contributed by atoms with Crippen molar-refractivity contribution in [2.24, 2.45) is 0 Å². The van der Waals surface area contributed by atoms with Crippen molar-refractivity contribution < 1.29 is 8.83 Å². The molecule has 704 valence electrons. The number of furan rings is 2. The zero-order valence-corrected chi connectivity index (χ0v) is 84.1. The van der Waals surface area contributed by atoms with Gasteiger partial charge >= 0.3 is 0 Å². The minimum Gasteiger partial charge on any atom is -0.456 e. The molecule has 11 aromatic carbocycles. The number of nitrogens with zero attached hydrogens (tertiary/aromatic N) is 2. The molecule has 0 amide bonds. The number of aromatic nitrogens is 1. The van der Waals surface area contributed by atoms with Crippen LogP contribution in [0.2, 0.25) is 0 Å². The maximum absolute atomic E-state index is 7.79. The van der Waals surface area contributed by atoms with Crippen molar-refractivity contribution in [3.05, 3.63) is 251 Å². The molecule has 4 aliphatic carbocycles. The minimum atomic E-state index is -0.304. The normalized spacial score (nSPS) is 14.4. The first-order valence-corrected chi connectivity index (χ1v) is 55.6. The molecule has 0 radical (unpaired) electrons. The molecular formula is C130H162N2O2. The van der Waals surface area contributed by atoms with Gasteiger partial charge in [-0.05, 0) is 226 Å². The summed E-state index contributed by atoms with van der Waals surface area (Å²) in [6, 6.07) is 83.7. The van der Waals surface area contributed by atoms with Gasteiger partial charge < -0.3 is 18.3 Å². The summed E-state index contributed by atoms with van der Waals surface area (Å²) in [5.74, 6) is 0. The van der Waals surface area contributed by atoms with Crippen molar-refractivity contribution in [2.75, 3.05) is 4.90 Å². The lowest BCUT2D eigenvalue weighted by Crippen LogP contribution is -2.33. The topological polar surface area (TPSA) is 34.5 Å². The smallest absolute Gasteiger partial charge is 0.144 e. The van der Waals surface area contributed by atoms with Crippen LogP contribution < -0.4 is 4.90 Å². The zero-order valence-electron chi connectivity index (χ0n) is 84.1. The summed E-state index contributed by atoms with van der Waals surface area (Å²) in [5.41, 5.74) is 35.3. The standard InChI is InChI=1S/C130H162N2O2/c1-9-17-25-33-41-56-82-127(83-57-42-34-26-18-10-2)109-79-81-118-120(103-68-50-54-72-116(103)133-118)119(109)107-94-112-105(93-113(107)127)99-77-74-97(91-110(99)128(112,84-58-43-35-27-19-11-3)85-59-44-36-28-20-12-4)131(96-76-80-115-106(90-96)100-66-49-53-71-114(100)132(115)95-64-46-45-47-65-95)98-75-78-102-111(92-98)130(88-62-39-31-23-15-7,89-63-40-32-24-16-8)124-121(102)122-104-69-51-55-73-117(104)134-126(122)123-101-67-48-52-70-108(101)129(125(123)124,86-60-37-29-21-13-5)87-61-38-30-22-14-6/h45-55,64-81,90-94H,9-44,56-63,82-89H2,1-8H3. The average molecular weight is 1780 g/mol. The third-order valence-electron chi connectivity index (χ3n) is 33.7. The fourth-order valence-corrected chi connectivity index (χ4v) is 27.0. The summed E-state index contributed by atoms with van der Waals surface area (Å²) >= 11 is 0. The van der Waals surface area contributed by atoms with Gasteiger partial charge in [0, 0.05) is 82.3 Å². The van der Waals surface area contributed by atoms with E-state index >= 15 is 0 Å². The Labute approximate surface area is 807 Å². The van der Waals surface area contributed by atoms with Crippen LogP contribution in [0.25, 0.3) is 116 Å². The molecule has 0 aliphatic heterocycles. The molecule has 14 aromatic rings. The first-order valence-electron chi connectivity index (χ1n) is 55.6. The van der Waals surface area contributed by atoms with Crippen LogP contribution in [0.1, 0.15) is 434 Å². The maximum atomic E-state index is 7.79. The number of para-hydroxylation sites is 4. The Morgan fingerprint density at radius 2 is 0.590 bits per heavy atom. The Bertz CT molecular complexity index is 6210. The van der Waals surface area contributed by atoms with Crippen molar-refractivity contribution in [1.29, 1.82) is 0 Å². The van der Waals surface area contributed by atoms with Crippen LogP contribution in [0.4, 0.5) is 17.1 Å². The Hall–Kier alpha value is -9.38. The number of rotatable bonds is 56. The van der Waals surface area contributed by atoms with Gasteiger partial charge in [0.15, 0.2) is 0 Å². The highest BCUT2D eigenvalue weighted by Gasteiger charge is 2.55. The molecule has 0 spiro atoms. The molecule has 18 rings (SSSR count). The van der Waals surface area contributed by atoms with Gasteiger partial charge in [-0.3, -0.25) is 0 Å². The minimum absolute atomic E-state index is 0.136. The van der Waals surface area contributed by atoms with Crippen molar-refractivity contribution in [1.82, 2.24) is 4.57 Å². The van der Waals surface area contributed by atoms with Gasteiger partial charge in [-0.25, -0.2) is 0 Å². The molecule has 4 aliphatic rings. The molecule has 3 aromatic heterocycles. The van der Waals surface area contributed by atoms with Crippen molar-refractivity contribution in [2.45, 2.75) is 411 Å². The molecule has 4 nitrogen and oxygen atoms in total. The van der Waals surface area contributed by atoms with E-state index in [0.29, 0.717) is 0 Å². The Balaban J connectivity index is 0.912. The number of hydrogen-bond donors (Lipinski definition) is 0. The quantitative estimate of drug-likeness (QED) is 0.0356. The van der Waals surface area contributed by atoms with Gasteiger partial charge in [0.2, 0.25) is 0 Å². The lowest BCUT2D eigenvalue weighted by atomic mass is 9.62. The van der Waals surface area contributed by atoms with E-state index in [9.17, 15) is 0 Å². The highest BCUT2D eigenvalue weighted by atomic mass is 16.3. The Morgan fingerprint density at radius 1 is 0.224 bits per heavy atom. The van der Waals surface area contributed by atoms with Crippen LogP contribution in [0.3, 0.4) is 0 Å². The summed E-state index contributed by atoms with van der Waals surface area (Å²) in [6.45, 7) is 19.1. The van der Waals surface area contributed by atoms with Gasteiger partial charge in [-0.1, -0.05) is 453 Å². The molecule has 134 heavy (non-hydrogen) atoms.